The molecule has 0 saturated carbocycles. The van der Waals surface area contributed by atoms with Gasteiger partial charge < -0.3 is 5.32 Å². The summed E-state index contributed by atoms with van der Waals surface area (Å²) in [5.74, 6) is 0. The molecular formula is C14H20ClF3N2S. The van der Waals surface area contributed by atoms with Crippen molar-refractivity contribution in [2.75, 3.05) is 26.2 Å². The molecule has 0 aliphatic carbocycles. The standard InChI is InChI=1S/C14H19F3N2S.ClH/c1-2-12(19-9-7-18-8-10-19)11-5-3-4-6-13(11)20-14(15,16)17;/h3-6,12,18H,2,7-10H2,1H3;1H/t12-;/m1./s1. The molecule has 7 heteroatoms. The van der Waals surface area contributed by atoms with Gasteiger partial charge in [-0.2, -0.15) is 13.2 Å². The van der Waals surface area contributed by atoms with Gasteiger partial charge in [-0.3, -0.25) is 4.90 Å². The Labute approximate surface area is 133 Å². The molecule has 1 aromatic carbocycles. The van der Waals surface area contributed by atoms with Crippen LogP contribution < -0.4 is 5.32 Å². The minimum Gasteiger partial charge on any atom is -0.314 e. The number of alkyl halides is 3. The Morgan fingerprint density at radius 2 is 1.86 bits per heavy atom. The van der Waals surface area contributed by atoms with Crippen molar-refractivity contribution >= 4 is 24.2 Å². The molecule has 1 fully saturated rings. The van der Waals surface area contributed by atoms with E-state index in [1.54, 1.807) is 12.1 Å². The molecule has 0 bridgehead atoms. The summed E-state index contributed by atoms with van der Waals surface area (Å²) in [5.41, 5.74) is -3.45. The van der Waals surface area contributed by atoms with Gasteiger partial charge in [0.25, 0.3) is 0 Å². The van der Waals surface area contributed by atoms with Crippen molar-refractivity contribution in [2.24, 2.45) is 0 Å². The normalized spacial score (nSPS) is 18.1. The highest BCUT2D eigenvalue weighted by atomic mass is 35.5. The van der Waals surface area contributed by atoms with E-state index in [2.05, 4.69) is 10.2 Å². The number of rotatable bonds is 4. The number of hydrogen-bond donors (Lipinski definition) is 1. The van der Waals surface area contributed by atoms with Gasteiger partial charge in [0.2, 0.25) is 0 Å². The monoisotopic (exact) mass is 340 g/mol. The molecule has 120 valence electrons. The summed E-state index contributed by atoms with van der Waals surface area (Å²) in [4.78, 5) is 2.59. The van der Waals surface area contributed by atoms with Crippen molar-refractivity contribution < 1.29 is 13.2 Å². The lowest BCUT2D eigenvalue weighted by atomic mass is 10.0. The molecule has 1 atom stereocenters. The highest BCUT2D eigenvalue weighted by molar-refractivity contribution is 8.00. The van der Waals surface area contributed by atoms with Gasteiger partial charge in [-0.05, 0) is 29.8 Å². The second kappa shape index (κ2) is 8.27. The van der Waals surface area contributed by atoms with Gasteiger partial charge in [0.15, 0.2) is 0 Å². The number of thioether (sulfide) groups is 1. The van der Waals surface area contributed by atoms with Crippen LogP contribution in [-0.2, 0) is 0 Å². The Morgan fingerprint density at radius 3 is 2.43 bits per heavy atom. The average molecular weight is 341 g/mol. The zero-order valence-electron chi connectivity index (χ0n) is 11.8. The summed E-state index contributed by atoms with van der Waals surface area (Å²) in [7, 11) is 0. The van der Waals surface area contributed by atoms with Crippen LogP contribution in [0.3, 0.4) is 0 Å². The maximum absolute atomic E-state index is 12.7. The lowest BCUT2D eigenvalue weighted by molar-refractivity contribution is -0.0328. The molecule has 0 unspecified atom stereocenters. The maximum Gasteiger partial charge on any atom is 0.446 e. The van der Waals surface area contributed by atoms with Gasteiger partial charge in [0, 0.05) is 37.1 Å². The van der Waals surface area contributed by atoms with Crippen LogP contribution in [0.5, 0.6) is 0 Å². The van der Waals surface area contributed by atoms with Crippen LogP contribution in [0.1, 0.15) is 24.9 Å². The van der Waals surface area contributed by atoms with E-state index in [0.717, 1.165) is 38.2 Å². The number of halogens is 4. The molecule has 0 aromatic heterocycles. The first-order valence-electron chi connectivity index (χ1n) is 6.80. The van der Waals surface area contributed by atoms with Crippen LogP contribution in [0.2, 0.25) is 0 Å². The summed E-state index contributed by atoms with van der Waals surface area (Å²) in [5, 5.41) is 3.27. The lowest BCUT2D eigenvalue weighted by Gasteiger charge is -2.35. The van der Waals surface area contributed by atoms with Crippen molar-refractivity contribution in [3.8, 4) is 0 Å². The minimum absolute atomic E-state index is 0. The van der Waals surface area contributed by atoms with Gasteiger partial charge in [-0.1, -0.05) is 25.1 Å². The smallest absolute Gasteiger partial charge is 0.314 e. The van der Waals surface area contributed by atoms with Crippen molar-refractivity contribution in [2.45, 2.75) is 29.8 Å². The van der Waals surface area contributed by atoms with Gasteiger partial charge in [-0.15, -0.1) is 12.4 Å². The molecule has 21 heavy (non-hydrogen) atoms. The highest BCUT2D eigenvalue weighted by Gasteiger charge is 2.32. The van der Waals surface area contributed by atoms with Gasteiger partial charge in [0.05, 0.1) is 0 Å². The molecule has 1 N–H and O–H groups in total. The Balaban J connectivity index is 0.00000220. The topological polar surface area (TPSA) is 15.3 Å². The second-order valence-electron chi connectivity index (χ2n) is 4.80. The predicted molar refractivity (Wildman–Crippen MR) is 83.1 cm³/mol. The van der Waals surface area contributed by atoms with Crippen LogP contribution in [0, 0.1) is 0 Å². The van der Waals surface area contributed by atoms with E-state index in [4.69, 9.17) is 0 Å². The van der Waals surface area contributed by atoms with Crippen molar-refractivity contribution in [3.05, 3.63) is 29.8 Å². The van der Waals surface area contributed by atoms with Crippen LogP contribution in [0.4, 0.5) is 13.2 Å². The van der Waals surface area contributed by atoms with Crippen LogP contribution >= 0.6 is 24.2 Å². The molecule has 0 radical (unpaired) electrons. The molecule has 0 amide bonds. The SMILES string of the molecule is CC[C@H](c1ccccc1SC(F)(F)F)N1CCNCC1.Cl. The van der Waals surface area contributed by atoms with E-state index in [0.29, 0.717) is 4.90 Å². The quantitative estimate of drug-likeness (QED) is 0.831. The molecule has 1 aromatic rings. The largest absolute Gasteiger partial charge is 0.446 e. The number of piperazine rings is 1. The second-order valence-corrected chi connectivity index (χ2v) is 5.90. The third-order valence-corrected chi connectivity index (χ3v) is 4.31. The Morgan fingerprint density at radius 1 is 1.24 bits per heavy atom. The Hall–Kier alpha value is -0.430. The highest BCUT2D eigenvalue weighted by Crippen LogP contribution is 2.41. The molecule has 1 aliphatic rings. The maximum atomic E-state index is 12.7. The fourth-order valence-electron chi connectivity index (χ4n) is 2.64. The molecule has 1 saturated heterocycles. The van der Waals surface area contributed by atoms with Crippen molar-refractivity contribution in [1.29, 1.82) is 0 Å². The van der Waals surface area contributed by atoms with Gasteiger partial charge in [0.1, 0.15) is 0 Å². The molecule has 1 heterocycles. The first-order chi connectivity index (χ1) is 9.51. The third-order valence-electron chi connectivity index (χ3n) is 3.48. The lowest BCUT2D eigenvalue weighted by Crippen LogP contribution is -2.45. The van der Waals surface area contributed by atoms with Crippen LogP contribution in [-0.4, -0.2) is 36.6 Å². The minimum atomic E-state index is -4.24. The Kier molecular flexibility index (Phi) is 7.33. The van der Waals surface area contributed by atoms with E-state index in [1.165, 1.54) is 0 Å². The molecule has 2 nitrogen and oxygen atoms in total. The zero-order valence-corrected chi connectivity index (χ0v) is 13.5. The Bertz CT molecular complexity index is 436. The van der Waals surface area contributed by atoms with Gasteiger partial charge in [-0.25, -0.2) is 0 Å². The predicted octanol–water partition coefficient (Wildman–Crippen LogP) is 4.08. The molecular weight excluding hydrogens is 321 g/mol. The van der Waals surface area contributed by atoms with E-state index in [-0.39, 0.29) is 30.2 Å². The van der Waals surface area contributed by atoms with E-state index in [9.17, 15) is 13.2 Å². The summed E-state index contributed by atoms with van der Waals surface area (Å²) in [6, 6.07) is 6.94. The number of hydrogen-bond acceptors (Lipinski definition) is 3. The fraction of sp³-hybridized carbons (Fsp3) is 0.571. The van der Waals surface area contributed by atoms with E-state index < -0.39 is 5.51 Å². The zero-order chi connectivity index (χ0) is 14.6. The average Bonchev–Trinajstić information content (AvgIpc) is 2.41. The number of benzene rings is 1. The van der Waals surface area contributed by atoms with E-state index >= 15 is 0 Å². The molecule has 1 aliphatic heterocycles. The summed E-state index contributed by atoms with van der Waals surface area (Å²) >= 11 is -0.00723. The third kappa shape index (κ3) is 5.36. The molecule has 2 rings (SSSR count). The van der Waals surface area contributed by atoms with Gasteiger partial charge >= 0.3 is 5.51 Å². The van der Waals surface area contributed by atoms with Crippen molar-refractivity contribution in [1.82, 2.24) is 10.2 Å². The van der Waals surface area contributed by atoms with E-state index in [1.807, 2.05) is 19.1 Å². The first-order valence-corrected chi connectivity index (χ1v) is 7.62. The summed E-state index contributed by atoms with van der Waals surface area (Å²) in [6.45, 7) is 5.57. The summed E-state index contributed by atoms with van der Waals surface area (Å²) < 4.78 is 38.0. The van der Waals surface area contributed by atoms with Crippen LogP contribution in [0.25, 0.3) is 0 Å². The first kappa shape index (κ1) is 18.6. The summed E-state index contributed by atoms with van der Waals surface area (Å²) in [6.07, 6.45) is 0.815. The number of nitrogens with zero attached hydrogens (tertiary/aromatic N) is 1. The molecule has 0 spiro atoms. The fourth-order valence-corrected chi connectivity index (χ4v) is 3.36. The van der Waals surface area contributed by atoms with Crippen molar-refractivity contribution in [3.63, 3.8) is 0 Å². The van der Waals surface area contributed by atoms with Crippen LogP contribution in [0.15, 0.2) is 29.2 Å². The number of nitrogens with one attached hydrogen (secondary N) is 1.